The second kappa shape index (κ2) is 6.96. The van der Waals surface area contributed by atoms with Gasteiger partial charge in [-0.2, -0.15) is 0 Å². The fourth-order valence-corrected chi connectivity index (χ4v) is 0.385. The van der Waals surface area contributed by atoms with Crippen LogP contribution in [0, 0.1) is 0 Å². The van der Waals surface area contributed by atoms with Crippen molar-refractivity contribution in [2.75, 3.05) is 6.61 Å². The molecule has 0 aliphatic rings. The minimum Gasteiger partial charge on any atom is -0.389 e. The second-order valence-electron chi connectivity index (χ2n) is 2.01. The van der Waals surface area contributed by atoms with E-state index in [2.05, 4.69) is 0 Å². The summed E-state index contributed by atoms with van der Waals surface area (Å²) in [5.41, 5.74) is 0. The fraction of sp³-hybridized carbons (Fsp3) is 0.222. The molecule has 0 unspecified atom stereocenters. The van der Waals surface area contributed by atoms with Crippen LogP contribution in [0.2, 0.25) is 0 Å². The summed E-state index contributed by atoms with van der Waals surface area (Å²) in [5.74, 6) is -0.190. The molecule has 1 aromatic rings. The molecule has 0 saturated heterocycles. The highest BCUT2D eigenvalue weighted by atomic mass is 16.3. The number of aliphatic hydroxyl groups is 1. The van der Waals surface area contributed by atoms with Gasteiger partial charge in [0, 0.05) is 0 Å². The Kier molecular flexibility index (Phi) is 6.24. The van der Waals surface area contributed by atoms with Gasteiger partial charge in [-0.05, 0) is 6.92 Å². The summed E-state index contributed by atoms with van der Waals surface area (Å²) in [6, 6.07) is 12.0. The fourth-order valence-electron chi connectivity index (χ4n) is 0.385. The minimum absolute atomic E-state index is 0.190. The van der Waals surface area contributed by atoms with E-state index >= 15 is 0 Å². The Hall–Kier alpha value is -1.15. The monoisotopic (exact) mass is 152 g/mol. The molecule has 2 heteroatoms. The first-order chi connectivity index (χ1) is 5.27. The van der Waals surface area contributed by atoms with E-state index in [0.29, 0.717) is 0 Å². The van der Waals surface area contributed by atoms with Gasteiger partial charge in [-0.25, -0.2) is 0 Å². The van der Waals surface area contributed by atoms with Crippen molar-refractivity contribution in [3.8, 4) is 0 Å². The van der Waals surface area contributed by atoms with Crippen LogP contribution >= 0.6 is 0 Å². The minimum atomic E-state index is -0.333. The lowest BCUT2D eigenvalue weighted by Crippen LogP contribution is -1.93. The Labute approximate surface area is 66.5 Å². The van der Waals surface area contributed by atoms with Crippen molar-refractivity contribution < 1.29 is 9.90 Å². The quantitative estimate of drug-likeness (QED) is 0.657. The number of ketones is 1. The highest BCUT2D eigenvalue weighted by Gasteiger charge is 1.78. The molecule has 0 aliphatic carbocycles. The average molecular weight is 152 g/mol. The lowest BCUT2D eigenvalue weighted by molar-refractivity contribution is -0.119. The normalized spacial score (nSPS) is 7.82. The van der Waals surface area contributed by atoms with Gasteiger partial charge in [-0.3, -0.25) is 4.79 Å². The molecular weight excluding hydrogens is 140 g/mol. The Balaban J connectivity index is 0.000000187. The van der Waals surface area contributed by atoms with Gasteiger partial charge in [-0.1, -0.05) is 36.4 Å². The van der Waals surface area contributed by atoms with E-state index in [1.165, 1.54) is 6.92 Å². The summed E-state index contributed by atoms with van der Waals surface area (Å²) < 4.78 is 0. The van der Waals surface area contributed by atoms with E-state index in [4.69, 9.17) is 5.11 Å². The third-order valence-electron chi connectivity index (χ3n) is 0.889. The molecule has 1 aromatic carbocycles. The maximum absolute atomic E-state index is 9.56. The largest absolute Gasteiger partial charge is 0.389 e. The van der Waals surface area contributed by atoms with E-state index < -0.39 is 0 Å². The van der Waals surface area contributed by atoms with Gasteiger partial charge in [0.05, 0.1) is 0 Å². The van der Waals surface area contributed by atoms with Crippen LogP contribution in [-0.2, 0) is 4.79 Å². The lowest BCUT2D eigenvalue weighted by Gasteiger charge is -1.72. The standard InChI is InChI=1S/C6H6.C3H6O2/c1-2-4-6-5-3-1;1-3(5)2-4/h1-6H;4H,2H2,1H3. The number of benzene rings is 1. The summed E-state index contributed by atoms with van der Waals surface area (Å²) in [6.45, 7) is 1.000. The molecule has 0 bridgehead atoms. The third-order valence-corrected chi connectivity index (χ3v) is 0.889. The van der Waals surface area contributed by atoms with Crippen LogP contribution in [0.4, 0.5) is 0 Å². The summed E-state index contributed by atoms with van der Waals surface area (Å²) in [4.78, 5) is 9.56. The van der Waals surface area contributed by atoms with Crippen LogP contribution in [0.25, 0.3) is 0 Å². The number of carbonyl (C=O) groups is 1. The number of hydrogen-bond acceptors (Lipinski definition) is 2. The van der Waals surface area contributed by atoms with Crippen LogP contribution in [0.3, 0.4) is 0 Å². The predicted molar refractivity (Wildman–Crippen MR) is 44.2 cm³/mol. The first-order valence-electron chi connectivity index (χ1n) is 3.37. The molecule has 1 rings (SSSR count). The Bertz CT molecular complexity index is 155. The van der Waals surface area contributed by atoms with Crippen LogP contribution in [0.5, 0.6) is 0 Å². The summed E-state index contributed by atoms with van der Waals surface area (Å²) in [7, 11) is 0. The first kappa shape index (κ1) is 9.85. The first-order valence-corrected chi connectivity index (χ1v) is 3.37. The third kappa shape index (κ3) is 8.85. The van der Waals surface area contributed by atoms with Gasteiger partial charge in [0.1, 0.15) is 6.61 Å². The molecule has 0 amide bonds. The molecule has 0 fully saturated rings. The molecule has 60 valence electrons. The van der Waals surface area contributed by atoms with Crippen LogP contribution in [0.1, 0.15) is 6.92 Å². The SMILES string of the molecule is CC(=O)CO.c1ccccc1. The predicted octanol–water partition coefficient (Wildman–Crippen LogP) is 1.25. The van der Waals surface area contributed by atoms with Gasteiger partial charge >= 0.3 is 0 Å². The molecule has 0 heterocycles. The zero-order valence-electron chi connectivity index (χ0n) is 6.53. The van der Waals surface area contributed by atoms with Gasteiger partial charge in [0.15, 0.2) is 5.78 Å². The van der Waals surface area contributed by atoms with Crippen molar-refractivity contribution >= 4 is 5.78 Å². The zero-order chi connectivity index (χ0) is 8.53. The van der Waals surface area contributed by atoms with Crippen molar-refractivity contribution in [1.82, 2.24) is 0 Å². The van der Waals surface area contributed by atoms with Crippen molar-refractivity contribution in [2.45, 2.75) is 6.92 Å². The van der Waals surface area contributed by atoms with Crippen molar-refractivity contribution in [3.05, 3.63) is 36.4 Å². The maximum Gasteiger partial charge on any atom is 0.155 e. The molecule has 0 saturated carbocycles. The summed E-state index contributed by atoms with van der Waals surface area (Å²) in [6.07, 6.45) is 0. The second-order valence-corrected chi connectivity index (χ2v) is 2.01. The molecule has 0 spiro atoms. The molecule has 0 aromatic heterocycles. The lowest BCUT2D eigenvalue weighted by atomic mass is 10.4. The maximum atomic E-state index is 9.56. The van der Waals surface area contributed by atoms with Crippen molar-refractivity contribution in [1.29, 1.82) is 0 Å². The summed E-state index contributed by atoms with van der Waals surface area (Å²) >= 11 is 0. The Morgan fingerprint density at radius 1 is 1.09 bits per heavy atom. The van der Waals surface area contributed by atoms with Gasteiger partial charge < -0.3 is 5.11 Å². The molecule has 0 aliphatic heterocycles. The zero-order valence-corrected chi connectivity index (χ0v) is 6.53. The van der Waals surface area contributed by atoms with E-state index in [1.54, 1.807) is 0 Å². The number of hydrogen-bond donors (Lipinski definition) is 1. The van der Waals surface area contributed by atoms with E-state index in [1.807, 2.05) is 36.4 Å². The number of aliphatic hydroxyl groups excluding tert-OH is 1. The van der Waals surface area contributed by atoms with Crippen molar-refractivity contribution in [3.63, 3.8) is 0 Å². The van der Waals surface area contributed by atoms with Gasteiger partial charge in [0.2, 0.25) is 0 Å². The van der Waals surface area contributed by atoms with Gasteiger partial charge in [0.25, 0.3) is 0 Å². The van der Waals surface area contributed by atoms with E-state index in [9.17, 15) is 4.79 Å². The molecule has 0 atom stereocenters. The smallest absolute Gasteiger partial charge is 0.155 e. The molecule has 11 heavy (non-hydrogen) atoms. The molecule has 2 nitrogen and oxygen atoms in total. The number of carbonyl (C=O) groups excluding carboxylic acids is 1. The van der Waals surface area contributed by atoms with Crippen molar-refractivity contribution in [2.24, 2.45) is 0 Å². The average Bonchev–Trinajstić information content (AvgIpc) is 2.09. The van der Waals surface area contributed by atoms with Crippen LogP contribution < -0.4 is 0 Å². The highest BCUT2D eigenvalue weighted by Crippen LogP contribution is 1.79. The summed E-state index contributed by atoms with van der Waals surface area (Å²) in [5, 5.41) is 7.79. The molecule has 1 N–H and O–H groups in total. The van der Waals surface area contributed by atoms with Crippen LogP contribution in [0.15, 0.2) is 36.4 Å². The topological polar surface area (TPSA) is 37.3 Å². The number of rotatable bonds is 1. The Morgan fingerprint density at radius 2 is 1.27 bits per heavy atom. The van der Waals surface area contributed by atoms with E-state index in [-0.39, 0.29) is 12.4 Å². The molecule has 0 radical (unpaired) electrons. The highest BCUT2D eigenvalue weighted by molar-refractivity contribution is 5.76. The van der Waals surface area contributed by atoms with E-state index in [0.717, 1.165) is 0 Å². The number of Topliss-reactive ketones (excluding diaryl/α,β-unsaturated/α-hetero) is 1. The molecular formula is C9H12O2. The van der Waals surface area contributed by atoms with Crippen LogP contribution in [-0.4, -0.2) is 17.5 Å². The Morgan fingerprint density at radius 3 is 1.36 bits per heavy atom. The van der Waals surface area contributed by atoms with Gasteiger partial charge in [-0.15, -0.1) is 0 Å².